The number of carbonyl (C=O) groups excluding carboxylic acids is 2. The number of carbonyl (C=O) groups is 2. The molecule has 12 nitrogen and oxygen atoms in total. The Morgan fingerprint density at radius 3 is 1.16 bits per heavy atom. The largest absolute Gasteiger partial charge is 0.506 e. The first-order chi connectivity index (χ1) is 21.3. The Balaban J connectivity index is 1.40. The molecule has 0 fully saturated rings. The van der Waals surface area contributed by atoms with Crippen LogP contribution < -0.4 is 11.5 Å². The number of hydrogen-bond donors (Lipinski definition) is 4. The molecule has 44 heavy (non-hydrogen) atoms. The summed E-state index contributed by atoms with van der Waals surface area (Å²) in [6.45, 7) is 0. The summed E-state index contributed by atoms with van der Waals surface area (Å²) in [6.07, 6.45) is 0. The van der Waals surface area contributed by atoms with Crippen molar-refractivity contribution in [3.63, 3.8) is 0 Å². The zero-order valence-electron chi connectivity index (χ0n) is 22.8. The van der Waals surface area contributed by atoms with Gasteiger partial charge in [0.1, 0.15) is 44.9 Å². The van der Waals surface area contributed by atoms with Crippen molar-refractivity contribution >= 4 is 33.9 Å². The Kier molecular flexibility index (Phi) is 6.03. The minimum absolute atomic E-state index is 0.0728. The maximum Gasteiger partial charge on any atom is 0.249 e. The van der Waals surface area contributed by atoms with Gasteiger partial charge in [-0.25, -0.2) is 0 Å². The first-order valence-corrected chi connectivity index (χ1v) is 13.4. The van der Waals surface area contributed by atoms with Crippen LogP contribution in [-0.2, 0) is 0 Å². The Hall–Kier alpha value is -6.56. The fourth-order valence-electron chi connectivity index (χ4n) is 5.24. The van der Waals surface area contributed by atoms with E-state index in [1.807, 2.05) is 24.3 Å². The molecule has 7 aromatic rings. The molecule has 0 saturated heterocycles. The van der Waals surface area contributed by atoms with E-state index >= 15 is 0 Å². The second-order valence-electron chi connectivity index (χ2n) is 10.0. The molecule has 214 valence electrons. The zero-order chi connectivity index (χ0) is 30.5. The average molecular weight is 583 g/mol. The van der Waals surface area contributed by atoms with Gasteiger partial charge in [-0.15, -0.1) is 30.0 Å². The predicted molar refractivity (Wildman–Crippen MR) is 163 cm³/mol. The van der Waals surface area contributed by atoms with Crippen LogP contribution in [0, 0.1) is 0 Å². The van der Waals surface area contributed by atoms with Gasteiger partial charge in [-0.3, -0.25) is 9.59 Å². The van der Waals surface area contributed by atoms with E-state index in [1.54, 1.807) is 48.5 Å². The second-order valence-corrected chi connectivity index (χ2v) is 10.0. The maximum absolute atomic E-state index is 12.7. The summed E-state index contributed by atoms with van der Waals surface area (Å²) in [4.78, 5) is 28.0. The summed E-state index contributed by atoms with van der Waals surface area (Å²) in [5.41, 5.74) is 16.1. The van der Waals surface area contributed by atoms with Gasteiger partial charge in [0.2, 0.25) is 11.8 Å². The number of fused-ring (bicyclic) bond motifs is 2. The van der Waals surface area contributed by atoms with Crippen LogP contribution in [0.4, 0.5) is 0 Å². The van der Waals surface area contributed by atoms with Crippen LogP contribution in [0.3, 0.4) is 0 Å². The van der Waals surface area contributed by atoms with E-state index < -0.39 is 11.8 Å². The van der Waals surface area contributed by atoms with Gasteiger partial charge < -0.3 is 21.7 Å². The standard InChI is InChI=1S/C32H22N8O4/c33-31(43)19-11-12-20(32(34)44)30(18-10-14-26(28(42)16-18)40-37-23-7-3-4-8-24(23)38-40)29(19)17-9-13-25(27(41)15-17)39-35-21-5-1-2-6-22(21)36-39/h1-16,41-42H,(H2,33,43)(H2,34,44). The summed E-state index contributed by atoms with van der Waals surface area (Å²) >= 11 is 0. The number of rotatable bonds is 6. The number of hydrogen-bond acceptors (Lipinski definition) is 8. The quantitative estimate of drug-likeness (QED) is 0.225. The van der Waals surface area contributed by atoms with Crippen LogP contribution in [0.1, 0.15) is 20.7 Å². The minimum Gasteiger partial charge on any atom is -0.506 e. The number of primary amides is 2. The second kappa shape index (κ2) is 10.1. The molecule has 0 aliphatic heterocycles. The lowest BCUT2D eigenvalue weighted by Gasteiger charge is -2.18. The fraction of sp³-hybridized carbons (Fsp3) is 0. The number of aromatic nitrogens is 6. The number of benzene rings is 5. The third-order valence-electron chi connectivity index (χ3n) is 7.27. The summed E-state index contributed by atoms with van der Waals surface area (Å²) in [6, 6.07) is 26.7. The van der Waals surface area contributed by atoms with Crippen molar-refractivity contribution in [3.8, 4) is 45.1 Å². The van der Waals surface area contributed by atoms with Crippen molar-refractivity contribution in [1.29, 1.82) is 0 Å². The fourth-order valence-corrected chi connectivity index (χ4v) is 5.24. The summed E-state index contributed by atoms with van der Waals surface area (Å²) in [5.74, 6) is -1.92. The highest BCUT2D eigenvalue weighted by Crippen LogP contribution is 2.41. The molecular formula is C32H22N8O4. The monoisotopic (exact) mass is 582 g/mol. The van der Waals surface area contributed by atoms with Crippen molar-refractivity contribution in [2.75, 3.05) is 0 Å². The Morgan fingerprint density at radius 2 is 0.864 bits per heavy atom. The van der Waals surface area contributed by atoms with Crippen molar-refractivity contribution in [1.82, 2.24) is 30.0 Å². The van der Waals surface area contributed by atoms with Crippen LogP contribution in [0.15, 0.2) is 97.1 Å². The highest BCUT2D eigenvalue weighted by molar-refractivity contribution is 6.10. The number of nitrogens with zero attached hydrogens (tertiary/aromatic N) is 6. The molecule has 7 rings (SSSR count). The van der Waals surface area contributed by atoms with Gasteiger partial charge in [-0.1, -0.05) is 36.4 Å². The molecule has 0 unspecified atom stereocenters. The first kappa shape index (κ1) is 26.3. The zero-order valence-corrected chi connectivity index (χ0v) is 22.8. The van der Waals surface area contributed by atoms with Crippen LogP contribution in [0.25, 0.3) is 55.7 Å². The van der Waals surface area contributed by atoms with E-state index in [4.69, 9.17) is 11.5 Å². The average Bonchev–Trinajstić information content (AvgIpc) is 3.64. The van der Waals surface area contributed by atoms with E-state index in [2.05, 4.69) is 20.4 Å². The smallest absolute Gasteiger partial charge is 0.249 e. The Morgan fingerprint density at radius 1 is 0.523 bits per heavy atom. The van der Waals surface area contributed by atoms with Gasteiger partial charge in [0.15, 0.2) is 0 Å². The van der Waals surface area contributed by atoms with Gasteiger partial charge in [0.05, 0.1) is 0 Å². The van der Waals surface area contributed by atoms with Crippen LogP contribution in [0.2, 0.25) is 0 Å². The SMILES string of the molecule is NC(=O)c1ccc(C(N)=O)c(-c2ccc(-n3nc4ccccc4n3)c(O)c2)c1-c1ccc(-n2nc3ccccc3n2)c(O)c1. The van der Waals surface area contributed by atoms with Gasteiger partial charge in [-0.05, 0) is 71.8 Å². The Labute approximate surface area is 248 Å². The predicted octanol–water partition coefficient (Wildman–Crippen LogP) is 4.10. The van der Waals surface area contributed by atoms with E-state index in [-0.39, 0.29) is 33.8 Å². The first-order valence-electron chi connectivity index (χ1n) is 13.4. The number of nitrogens with two attached hydrogens (primary N) is 2. The molecule has 0 aliphatic rings. The van der Waals surface area contributed by atoms with Crippen LogP contribution in [0.5, 0.6) is 11.5 Å². The van der Waals surface area contributed by atoms with Crippen molar-refractivity contribution < 1.29 is 19.8 Å². The van der Waals surface area contributed by atoms with Gasteiger partial charge in [-0.2, -0.15) is 0 Å². The highest BCUT2D eigenvalue weighted by atomic mass is 16.3. The van der Waals surface area contributed by atoms with Crippen molar-refractivity contribution in [2.45, 2.75) is 0 Å². The topological polar surface area (TPSA) is 188 Å². The normalized spacial score (nSPS) is 11.3. The summed E-state index contributed by atoms with van der Waals surface area (Å²) < 4.78 is 0. The van der Waals surface area contributed by atoms with Crippen molar-refractivity contribution in [3.05, 3.63) is 108 Å². The third-order valence-corrected chi connectivity index (χ3v) is 7.27. The van der Waals surface area contributed by atoms with E-state index in [9.17, 15) is 19.8 Å². The molecule has 0 aliphatic carbocycles. The lowest BCUT2D eigenvalue weighted by atomic mass is 9.86. The highest BCUT2D eigenvalue weighted by Gasteiger charge is 2.24. The number of phenols is 2. The maximum atomic E-state index is 12.7. The third kappa shape index (κ3) is 4.34. The lowest BCUT2D eigenvalue weighted by Crippen LogP contribution is -2.17. The minimum atomic E-state index is -0.769. The summed E-state index contributed by atoms with van der Waals surface area (Å²) in [7, 11) is 0. The number of amides is 2. The summed E-state index contributed by atoms with van der Waals surface area (Å²) in [5, 5.41) is 39.9. The van der Waals surface area contributed by atoms with Crippen LogP contribution in [-0.4, -0.2) is 52.0 Å². The van der Waals surface area contributed by atoms with Gasteiger partial charge >= 0.3 is 0 Å². The number of phenolic OH excluding ortho intramolecular Hbond substituents is 2. The van der Waals surface area contributed by atoms with E-state index in [0.717, 1.165) is 0 Å². The molecule has 12 heteroatoms. The van der Waals surface area contributed by atoms with Crippen LogP contribution >= 0.6 is 0 Å². The van der Waals surface area contributed by atoms with E-state index in [0.29, 0.717) is 44.6 Å². The molecule has 2 heterocycles. The molecule has 0 radical (unpaired) electrons. The molecule has 6 N–H and O–H groups in total. The molecule has 0 spiro atoms. The molecule has 0 atom stereocenters. The molecular weight excluding hydrogens is 560 g/mol. The lowest BCUT2D eigenvalue weighted by molar-refractivity contribution is 0.0989. The van der Waals surface area contributed by atoms with Crippen molar-refractivity contribution in [2.24, 2.45) is 11.5 Å². The van der Waals surface area contributed by atoms with Gasteiger partial charge in [0, 0.05) is 22.3 Å². The Bertz CT molecular complexity index is 2060. The van der Waals surface area contributed by atoms with E-state index in [1.165, 1.54) is 33.9 Å². The molecule has 2 aromatic heterocycles. The number of aromatic hydroxyl groups is 2. The molecule has 0 saturated carbocycles. The molecule has 5 aromatic carbocycles. The van der Waals surface area contributed by atoms with Gasteiger partial charge in [0.25, 0.3) is 0 Å². The molecule has 0 bridgehead atoms. The molecule has 2 amide bonds.